The molecule has 6 heteroatoms. The van der Waals surface area contributed by atoms with Crippen molar-refractivity contribution in [3.8, 4) is 0 Å². The Morgan fingerprint density at radius 1 is 1.30 bits per heavy atom. The molecule has 20 heavy (non-hydrogen) atoms. The fraction of sp³-hybridized carbons (Fsp3) is 0.357. The molecule has 6 nitrogen and oxygen atoms in total. The van der Waals surface area contributed by atoms with Crippen LogP contribution >= 0.6 is 0 Å². The highest BCUT2D eigenvalue weighted by Gasteiger charge is 2.51. The van der Waals surface area contributed by atoms with E-state index in [0.29, 0.717) is 0 Å². The van der Waals surface area contributed by atoms with Crippen LogP contribution in [0.5, 0.6) is 0 Å². The molecule has 1 aromatic carbocycles. The van der Waals surface area contributed by atoms with Gasteiger partial charge in [-0.1, -0.05) is 30.3 Å². The molecule has 0 radical (unpaired) electrons. The second-order valence-corrected chi connectivity index (χ2v) is 4.66. The summed E-state index contributed by atoms with van der Waals surface area (Å²) in [4.78, 5) is 34.9. The summed E-state index contributed by atoms with van der Waals surface area (Å²) < 4.78 is 5.05. The van der Waals surface area contributed by atoms with Crippen LogP contribution in [-0.2, 0) is 25.7 Å². The summed E-state index contributed by atoms with van der Waals surface area (Å²) in [7, 11) is 0. The zero-order chi connectivity index (χ0) is 14.6. The molecule has 1 fully saturated rings. The molecular formula is C14H15NO5. The predicted molar refractivity (Wildman–Crippen MR) is 68.8 cm³/mol. The molecule has 0 amide bonds. The molecule has 1 saturated heterocycles. The van der Waals surface area contributed by atoms with Crippen LogP contribution in [0.2, 0.25) is 0 Å². The van der Waals surface area contributed by atoms with Crippen molar-refractivity contribution in [2.75, 3.05) is 6.54 Å². The van der Waals surface area contributed by atoms with Gasteiger partial charge < -0.3 is 9.84 Å². The van der Waals surface area contributed by atoms with Crippen molar-refractivity contribution in [3.63, 3.8) is 0 Å². The highest BCUT2D eigenvalue weighted by Crippen LogP contribution is 2.20. The van der Waals surface area contributed by atoms with E-state index in [1.807, 2.05) is 6.07 Å². The second kappa shape index (κ2) is 5.83. The quantitative estimate of drug-likeness (QED) is 0.615. The van der Waals surface area contributed by atoms with Crippen molar-refractivity contribution < 1.29 is 24.2 Å². The molecule has 1 unspecified atom stereocenters. The van der Waals surface area contributed by atoms with Crippen LogP contribution in [0.3, 0.4) is 0 Å². The molecule has 0 aliphatic carbocycles. The molecule has 1 aromatic rings. The van der Waals surface area contributed by atoms with Gasteiger partial charge in [-0.2, -0.15) is 0 Å². The third-order valence-corrected chi connectivity index (χ3v) is 3.22. The number of Topliss-reactive ketones (excluding diaryl/α,β-unsaturated/α-hetero) is 1. The molecule has 1 aliphatic heterocycles. The number of ether oxygens (including phenoxy) is 1. The van der Waals surface area contributed by atoms with Gasteiger partial charge >= 0.3 is 11.9 Å². The maximum atomic E-state index is 12.1. The zero-order valence-electron chi connectivity index (χ0n) is 10.8. The minimum absolute atomic E-state index is 0.0232. The third kappa shape index (κ3) is 2.85. The Labute approximate surface area is 115 Å². The summed E-state index contributed by atoms with van der Waals surface area (Å²) in [6.45, 7) is 0.135. The monoisotopic (exact) mass is 277 g/mol. The van der Waals surface area contributed by atoms with Gasteiger partial charge in [0.25, 0.3) is 0 Å². The molecular weight excluding hydrogens is 262 g/mol. The number of hydrogen-bond acceptors (Lipinski definition) is 5. The minimum Gasteiger partial charge on any atom is -0.479 e. The van der Waals surface area contributed by atoms with E-state index in [2.05, 4.69) is 5.32 Å². The Bertz CT molecular complexity index is 528. The van der Waals surface area contributed by atoms with Crippen LogP contribution in [0.25, 0.3) is 0 Å². The number of aliphatic carboxylic acids is 1. The van der Waals surface area contributed by atoms with Gasteiger partial charge in [0.1, 0.15) is 12.4 Å². The van der Waals surface area contributed by atoms with Gasteiger partial charge in [-0.15, -0.1) is 0 Å². The molecule has 1 heterocycles. The first kappa shape index (κ1) is 14.2. The summed E-state index contributed by atoms with van der Waals surface area (Å²) in [5.74, 6) is -2.58. The molecule has 0 aromatic heterocycles. The van der Waals surface area contributed by atoms with E-state index >= 15 is 0 Å². The predicted octanol–water partition coefficient (Wildman–Crippen LogP) is 0.506. The number of piperidine rings is 1. The lowest BCUT2D eigenvalue weighted by Crippen LogP contribution is -2.62. The number of carbonyl (C=O) groups excluding carboxylic acids is 2. The van der Waals surface area contributed by atoms with Gasteiger partial charge in [-0.25, -0.2) is 9.59 Å². The van der Waals surface area contributed by atoms with Crippen molar-refractivity contribution >= 4 is 17.7 Å². The van der Waals surface area contributed by atoms with Gasteiger partial charge in [0.2, 0.25) is 5.54 Å². The van der Waals surface area contributed by atoms with Crippen LogP contribution in [0.1, 0.15) is 18.4 Å². The molecule has 0 bridgehead atoms. The number of esters is 1. The first-order valence-electron chi connectivity index (χ1n) is 6.26. The molecule has 0 spiro atoms. The largest absolute Gasteiger partial charge is 0.479 e. The number of carbonyl (C=O) groups is 3. The van der Waals surface area contributed by atoms with Crippen molar-refractivity contribution in [3.05, 3.63) is 35.9 Å². The van der Waals surface area contributed by atoms with Crippen molar-refractivity contribution in [2.24, 2.45) is 0 Å². The Balaban J connectivity index is 2.08. The average Bonchev–Trinajstić information content (AvgIpc) is 2.45. The van der Waals surface area contributed by atoms with Gasteiger partial charge in [-0.05, 0) is 5.56 Å². The third-order valence-electron chi connectivity index (χ3n) is 3.22. The molecule has 2 rings (SSSR count). The van der Waals surface area contributed by atoms with Gasteiger partial charge in [0.15, 0.2) is 0 Å². The minimum atomic E-state index is -1.95. The molecule has 1 atom stereocenters. The summed E-state index contributed by atoms with van der Waals surface area (Å²) >= 11 is 0. The van der Waals surface area contributed by atoms with Crippen molar-refractivity contribution in [1.29, 1.82) is 0 Å². The molecule has 2 N–H and O–H groups in total. The number of rotatable bonds is 4. The zero-order valence-corrected chi connectivity index (χ0v) is 10.8. The number of hydrogen-bond donors (Lipinski definition) is 2. The lowest BCUT2D eigenvalue weighted by Gasteiger charge is -2.31. The van der Waals surface area contributed by atoms with E-state index in [4.69, 9.17) is 4.74 Å². The Hall–Kier alpha value is -2.21. The number of benzene rings is 1. The summed E-state index contributed by atoms with van der Waals surface area (Å²) in [6.07, 6.45) is -0.156. The van der Waals surface area contributed by atoms with Gasteiger partial charge in [0.05, 0.1) is 0 Å². The van der Waals surface area contributed by atoms with Crippen molar-refractivity contribution in [2.45, 2.75) is 25.0 Å². The normalized spacial score (nSPS) is 22.3. The van der Waals surface area contributed by atoms with Crippen LogP contribution in [0.15, 0.2) is 30.3 Å². The van der Waals surface area contributed by atoms with E-state index in [1.54, 1.807) is 24.3 Å². The number of ketones is 1. The lowest BCUT2D eigenvalue weighted by molar-refractivity contribution is -0.167. The lowest BCUT2D eigenvalue weighted by atomic mass is 9.88. The Morgan fingerprint density at radius 2 is 2.00 bits per heavy atom. The topological polar surface area (TPSA) is 92.7 Å². The number of carboxylic acids is 1. The SMILES string of the molecule is O=C1CCNC(C(=O)O)(C(=O)OCc2ccccc2)C1. The van der Waals surface area contributed by atoms with E-state index < -0.39 is 17.5 Å². The molecule has 0 saturated carbocycles. The van der Waals surface area contributed by atoms with Gasteiger partial charge in [0, 0.05) is 19.4 Å². The smallest absolute Gasteiger partial charge is 0.338 e. The maximum absolute atomic E-state index is 12.1. The highest BCUT2D eigenvalue weighted by atomic mass is 16.5. The fourth-order valence-electron chi connectivity index (χ4n) is 2.09. The first-order chi connectivity index (χ1) is 9.54. The number of carboxylic acid groups (broad SMARTS) is 1. The highest BCUT2D eigenvalue weighted by molar-refractivity contribution is 6.08. The van der Waals surface area contributed by atoms with Crippen LogP contribution in [-0.4, -0.2) is 34.9 Å². The Morgan fingerprint density at radius 3 is 2.60 bits per heavy atom. The molecule has 106 valence electrons. The summed E-state index contributed by atoms with van der Waals surface area (Å²) in [5.41, 5.74) is -1.20. The maximum Gasteiger partial charge on any atom is 0.338 e. The Kier molecular flexibility index (Phi) is 4.14. The van der Waals surface area contributed by atoms with Crippen LogP contribution in [0.4, 0.5) is 0 Å². The van der Waals surface area contributed by atoms with E-state index in [1.165, 1.54) is 0 Å². The van der Waals surface area contributed by atoms with E-state index in [0.717, 1.165) is 5.56 Å². The van der Waals surface area contributed by atoms with Crippen LogP contribution in [0, 0.1) is 0 Å². The summed E-state index contributed by atoms with van der Waals surface area (Å²) in [6, 6.07) is 8.93. The van der Waals surface area contributed by atoms with Gasteiger partial charge in [-0.3, -0.25) is 10.1 Å². The average molecular weight is 277 g/mol. The van der Waals surface area contributed by atoms with Crippen LogP contribution < -0.4 is 5.32 Å². The molecule has 1 aliphatic rings. The summed E-state index contributed by atoms with van der Waals surface area (Å²) in [5, 5.41) is 11.9. The number of nitrogens with one attached hydrogen (secondary N) is 1. The van der Waals surface area contributed by atoms with E-state index in [-0.39, 0.29) is 31.8 Å². The fourth-order valence-corrected chi connectivity index (χ4v) is 2.09. The first-order valence-corrected chi connectivity index (χ1v) is 6.26. The van der Waals surface area contributed by atoms with E-state index in [9.17, 15) is 19.5 Å². The second-order valence-electron chi connectivity index (χ2n) is 4.66. The van der Waals surface area contributed by atoms with Crippen molar-refractivity contribution in [1.82, 2.24) is 5.32 Å². The standard InChI is InChI=1S/C14H15NO5/c16-11-6-7-15-14(8-11,12(17)18)13(19)20-9-10-4-2-1-3-5-10/h1-5,15H,6-9H2,(H,17,18).